The fourth-order valence-corrected chi connectivity index (χ4v) is 2.20. The molecule has 22 heavy (non-hydrogen) atoms. The molecule has 1 heterocycles. The summed E-state index contributed by atoms with van der Waals surface area (Å²) in [5.74, 6) is 0.421. The van der Waals surface area contributed by atoms with Gasteiger partial charge in [0.05, 0.1) is 12.4 Å². The summed E-state index contributed by atoms with van der Waals surface area (Å²) in [6, 6.07) is 6.27. The molecule has 1 aromatic carbocycles. The van der Waals surface area contributed by atoms with Crippen LogP contribution in [0.2, 0.25) is 0 Å². The molecule has 0 unspecified atom stereocenters. The molecule has 0 aliphatic rings. The summed E-state index contributed by atoms with van der Waals surface area (Å²) in [6.07, 6.45) is 3.93. The summed E-state index contributed by atoms with van der Waals surface area (Å²) in [5, 5.41) is 6.09. The van der Waals surface area contributed by atoms with Gasteiger partial charge in [0.25, 0.3) is 5.91 Å². The van der Waals surface area contributed by atoms with Gasteiger partial charge in [0, 0.05) is 11.7 Å². The lowest BCUT2D eigenvalue weighted by Gasteiger charge is -2.13. The number of para-hydroxylation sites is 1. The average molecular weight is 298 g/mol. The van der Waals surface area contributed by atoms with Crippen LogP contribution >= 0.6 is 0 Å². The highest BCUT2D eigenvalue weighted by atomic mass is 16.1. The number of aryl methyl sites for hydroxylation is 2. The number of hydrogen-bond acceptors (Lipinski definition) is 4. The Hall–Kier alpha value is -2.43. The third kappa shape index (κ3) is 3.81. The van der Waals surface area contributed by atoms with E-state index in [0.29, 0.717) is 11.5 Å². The molecule has 0 aliphatic heterocycles. The van der Waals surface area contributed by atoms with Crippen molar-refractivity contribution in [3.63, 3.8) is 0 Å². The minimum absolute atomic E-state index is 0.243. The number of amides is 1. The van der Waals surface area contributed by atoms with Crippen molar-refractivity contribution in [2.45, 2.75) is 40.2 Å². The predicted octanol–water partition coefficient (Wildman–Crippen LogP) is 3.42. The Labute approximate surface area is 131 Å². The van der Waals surface area contributed by atoms with Crippen molar-refractivity contribution in [2.24, 2.45) is 0 Å². The zero-order valence-corrected chi connectivity index (χ0v) is 13.5. The molecule has 1 aromatic heterocycles. The number of nitrogens with one attached hydrogen (secondary N) is 2. The van der Waals surface area contributed by atoms with E-state index in [4.69, 9.17) is 0 Å². The summed E-state index contributed by atoms with van der Waals surface area (Å²) in [5.41, 5.74) is 3.32. The molecule has 2 aromatic rings. The van der Waals surface area contributed by atoms with Crippen molar-refractivity contribution in [1.82, 2.24) is 9.97 Å². The number of hydrogen-bond donors (Lipinski definition) is 2. The number of carbonyl (C=O) groups excluding carboxylic acids is 1. The molecule has 1 amide bonds. The monoisotopic (exact) mass is 298 g/mol. The van der Waals surface area contributed by atoms with Crippen LogP contribution in [0.15, 0.2) is 30.6 Å². The summed E-state index contributed by atoms with van der Waals surface area (Å²) >= 11 is 0. The van der Waals surface area contributed by atoms with Crippen molar-refractivity contribution < 1.29 is 4.79 Å². The van der Waals surface area contributed by atoms with Gasteiger partial charge in [-0.2, -0.15) is 0 Å². The van der Waals surface area contributed by atoms with Crippen LogP contribution in [0.25, 0.3) is 0 Å². The van der Waals surface area contributed by atoms with E-state index in [1.807, 2.05) is 39.0 Å². The highest BCUT2D eigenvalue weighted by Crippen LogP contribution is 2.21. The summed E-state index contributed by atoms with van der Waals surface area (Å²) in [4.78, 5) is 20.7. The normalized spacial score (nSPS) is 10.6. The summed E-state index contributed by atoms with van der Waals surface area (Å²) < 4.78 is 0. The van der Waals surface area contributed by atoms with Crippen molar-refractivity contribution in [1.29, 1.82) is 0 Å². The van der Waals surface area contributed by atoms with Crippen LogP contribution in [0.4, 0.5) is 11.5 Å². The van der Waals surface area contributed by atoms with Gasteiger partial charge in [-0.25, -0.2) is 9.97 Å². The molecule has 0 atom stereocenters. The van der Waals surface area contributed by atoms with E-state index in [0.717, 1.165) is 23.2 Å². The predicted molar refractivity (Wildman–Crippen MR) is 89.3 cm³/mol. The van der Waals surface area contributed by atoms with Crippen LogP contribution in [0.1, 0.15) is 42.4 Å². The topological polar surface area (TPSA) is 66.9 Å². The number of rotatable bonds is 5. The van der Waals surface area contributed by atoms with Crippen LogP contribution < -0.4 is 10.6 Å². The van der Waals surface area contributed by atoms with Gasteiger partial charge in [0.2, 0.25) is 0 Å². The molecule has 2 N–H and O–H groups in total. The first-order valence-electron chi connectivity index (χ1n) is 7.49. The number of nitrogens with zero attached hydrogens (tertiary/aromatic N) is 2. The smallest absolute Gasteiger partial charge is 0.275 e. The minimum Gasteiger partial charge on any atom is -0.367 e. The van der Waals surface area contributed by atoms with Gasteiger partial charge in [-0.1, -0.05) is 25.1 Å². The zero-order valence-electron chi connectivity index (χ0n) is 13.5. The molecule has 5 nitrogen and oxygen atoms in total. The lowest BCUT2D eigenvalue weighted by atomic mass is 10.1. The molecule has 116 valence electrons. The van der Waals surface area contributed by atoms with E-state index in [1.165, 1.54) is 6.20 Å². The van der Waals surface area contributed by atoms with Gasteiger partial charge < -0.3 is 10.6 Å². The van der Waals surface area contributed by atoms with Gasteiger partial charge in [-0.05, 0) is 38.3 Å². The quantitative estimate of drug-likeness (QED) is 0.887. The number of carbonyl (C=O) groups is 1. The van der Waals surface area contributed by atoms with Crippen molar-refractivity contribution in [3.8, 4) is 0 Å². The zero-order chi connectivity index (χ0) is 16.1. The second-order valence-electron chi connectivity index (χ2n) is 5.50. The standard InChI is InChI=1S/C17H22N4O/c1-5-13-8-6-7-12(4)16(13)21-17(22)14-9-19-15(10-18-14)20-11(2)3/h6-11H,5H2,1-4H3,(H,19,20)(H,21,22). The van der Waals surface area contributed by atoms with Crippen LogP contribution in [-0.2, 0) is 6.42 Å². The fourth-order valence-electron chi connectivity index (χ4n) is 2.20. The number of benzene rings is 1. The molecule has 5 heteroatoms. The maximum Gasteiger partial charge on any atom is 0.275 e. The van der Waals surface area contributed by atoms with E-state index in [9.17, 15) is 4.79 Å². The number of anilines is 2. The molecule has 0 bridgehead atoms. The van der Waals surface area contributed by atoms with Crippen molar-refractivity contribution >= 4 is 17.4 Å². The van der Waals surface area contributed by atoms with E-state index >= 15 is 0 Å². The molecular weight excluding hydrogens is 276 g/mol. The molecule has 0 fully saturated rings. The third-order valence-corrected chi connectivity index (χ3v) is 3.30. The van der Waals surface area contributed by atoms with Crippen LogP contribution in [0.5, 0.6) is 0 Å². The first kappa shape index (κ1) is 15.9. The number of aromatic nitrogens is 2. The fraction of sp³-hybridized carbons (Fsp3) is 0.353. The lowest BCUT2D eigenvalue weighted by Crippen LogP contribution is -2.17. The maximum atomic E-state index is 12.3. The highest BCUT2D eigenvalue weighted by Gasteiger charge is 2.12. The molecular formula is C17H22N4O. The Bertz CT molecular complexity index is 650. The summed E-state index contributed by atoms with van der Waals surface area (Å²) in [6.45, 7) is 8.09. The minimum atomic E-state index is -0.243. The molecule has 0 saturated heterocycles. The van der Waals surface area contributed by atoms with Gasteiger partial charge in [0.15, 0.2) is 0 Å². The Kier molecular flexibility index (Phi) is 5.09. The van der Waals surface area contributed by atoms with Gasteiger partial charge in [0.1, 0.15) is 11.5 Å². The van der Waals surface area contributed by atoms with E-state index in [2.05, 4.69) is 27.5 Å². The second-order valence-corrected chi connectivity index (χ2v) is 5.50. The van der Waals surface area contributed by atoms with E-state index in [-0.39, 0.29) is 11.9 Å². The third-order valence-electron chi connectivity index (χ3n) is 3.30. The molecule has 2 rings (SSSR count). The Balaban J connectivity index is 2.16. The first-order valence-corrected chi connectivity index (χ1v) is 7.49. The van der Waals surface area contributed by atoms with Gasteiger partial charge in [-0.15, -0.1) is 0 Å². The lowest BCUT2D eigenvalue weighted by molar-refractivity contribution is 0.102. The van der Waals surface area contributed by atoms with Crippen molar-refractivity contribution in [3.05, 3.63) is 47.4 Å². The highest BCUT2D eigenvalue weighted by molar-refractivity contribution is 6.03. The molecule has 0 spiro atoms. The Morgan fingerprint density at radius 2 is 2.00 bits per heavy atom. The Morgan fingerprint density at radius 1 is 1.23 bits per heavy atom. The molecule has 0 radical (unpaired) electrons. The van der Waals surface area contributed by atoms with Crippen LogP contribution in [0, 0.1) is 6.92 Å². The van der Waals surface area contributed by atoms with E-state index in [1.54, 1.807) is 6.20 Å². The van der Waals surface area contributed by atoms with Crippen LogP contribution in [-0.4, -0.2) is 21.9 Å². The van der Waals surface area contributed by atoms with E-state index < -0.39 is 0 Å². The van der Waals surface area contributed by atoms with Crippen LogP contribution in [0.3, 0.4) is 0 Å². The largest absolute Gasteiger partial charge is 0.367 e. The second kappa shape index (κ2) is 7.02. The first-order chi connectivity index (χ1) is 10.5. The summed E-state index contributed by atoms with van der Waals surface area (Å²) in [7, 11) is 0. The Morgan fingerprint density at radius 3 is 2.59 bits per heavy atom. The molecule has 0 aliphatic carbocycles. The van der Waals surface area contributed by atoms with Gasteiger partial charge >= 0.3 is 0 Å². The average Bonchev–Trinajstić information content (AvgIpc) is 2.49. The SMILES string of the molecule is CCc1cccc(C)c1NC(=O)c1cnc(NC(C)C)cn1. The molecule has 0 saturated carbocycles. The van der Waals surface area contributed by atoms with Gasteiger partial charge in [-0.3, -0.25) is 4.79 Å². The maximum absolute atomic E-state index is 12.3. The van der Waals surface area contributed by atoms with Crippen molar-refractivity contribution in [2.75, 3.05) is 10.6 Å².